The Morgan fingerprint density at radius 3 is 2.59 bits per heavy atom. The lowest BCUT2D eigenvalue weighted by molar-refractivity contribution is -0.116. The van der Waals surface area contributed by atoms with Gasteiger partial charge in [-0.1, -0.05) is 35.9 Å². The normalized spacial score (nSPS) is 10.1. The molecule has 1 aromatic carbocycles. The maximum atomic E-state index is 11.1. The number of ketones is 1. The van der Waals surface area contributed by atoms with Crippen LogP contribution in [0.4, 0.5) is 5.69 Å². The molecule has 0 saturated carbocycles. The molecule has 0 spiro atoms. The smallest absolute Gasteiger partial charge is 0.265 e. The number of hydrogen-bond acceptors (Lipinski definition) is 5. The third kappa shape index (κ3) is 5.47. The van der Waals surface area contributed by atoms with Crippen LogP contribution in [0.25, 0.3) is 4.85 Å². The number of thioether (sulfide) groups is 1. The van der Waals surface area contributed by atoms with Gasteiger partial charge in [0, 0.05) is 12.2 Å². The summed E-state index contributed by atoms with van der Waals surface area (Å²) in [6.45, 7) is 10.9. The number of ether oxygens (including phenoxy) is 1. The van der Waals surface area contributed by atoms with E-state index in [0.717, 1.165) is 17.5 Å². The van der Waals surface area contributed by atoms with Gasteiger partial charge in [0.2, 0.25) is 0 Å². The summed E-state index contributed by atoms with van der Waals surface area (Å²) in [5.74, 6) is 0.958. The number of aromatic nitrogens is 1. The Morgan fingerprint density at radius 1 is 1.37 bits per heavy atom. The van der Waals surface area contributed by atoms with Gasteiger partial charge >= 0.3 is 0 Å². The van der Waals surface area contributed by atoms with Crippen LogP contribution in [0.1, 0.15) is 37.0 Å². The zero-order chi connectivity index (χ0) is 19.8. The molecule has 0 fully saturated rings. The first-order chi connectivity index (χ1) is 13.0. The van der Waals surface area contributed by atoms with E-state index in [-0.39, 0.29) is 27.9 Å². The lowest BCUT2D eigenvalue weighted by Gasteiger charge is -2.12. The van der Waals surface area contributed by atoms with E-state index in [0.29, 0.717) is 23.8 Å². The molecule has 0 saturated heterocycles. The van der Waals surface area contributed by atoms with E-state index in [1.54, 1.807) is 13.8 Å². The summed E-state index contributed by atoms with van der Waals surface area (Å²) >= 11 is 7.47. The summed E-state index contributed by atoms with van der Waals surface area (Å²) < 4.78 is 5.48. The molecule has 5 nitrogen and oxygen atoms in total. The highest BCUT2D eigenvalue weighted by Gasteiger charge is 2.21. The van der Waals surface area contributed by atoms with Crippen molar-refractivity contribution in [1.82, 2.24) is 4.98 Å². The number of pyridine rings is 1. The van der Waals surface area contributed by atoms with Gasteiger partial charge in [-0.25, -0.2) is 9.83 Å². The van der Waals surface area contributed by atoms with E-state index < -0.39 is 0 Å². The topological polar surface area (TPSA) is 67.3 Å². The Bertz CT molecular complexity index is 915. The van der Waals surface area contributed by atoms with Gasteiger partial charge in [0.1, 0.15) is 33.3 Å². The second-order valence-corrected chi connectivity index (χ2v) is 7.05. The Morgan fingerprint density at radius 2 is 2.04 bits per heavy atom. The van der Waals surface area contributed by atoms with Crippen LogP contribution in [-0.4, -0.2) is 17.4 Å². The first-order valence-corrected chi connectivity index (χ1v) is 9.70. The first kappa shape index (κ1) is 20.8. The van der Waals surface area contributed by atoms with Crippen molar-refractivity contribution in [2.24, 2.45) is 0 Å². The predicted molar refractivity (Wildman–Crippen MR) is 106 cm³/mol. The van der Waals surface area contributed by atoms with Crippen LogP contribution in [0.2, 0.25) is 5.15 Å². The van der Waals surface area contributed by atoms with E-state index in [1.165, 1.54) is 11.8 Å². The zero-order valence-corrected chi connectivity index (χ0v) is 16.7. The van der Waals surface area contributed by atoms with E-state index in [4.69, 9.17) is 22.9 Å². The molecular weight excluding hydrogens is 382 g/mol. The monoisotopic (exact) mass is 399 g/mol. The maximum Gasteiger partial charge on any atom is 0.265 e. The maximum absolute atomic E-state index is 11.1. The number of carbonyl (C=O) groups excluding carboxylic acids is 1. The van der Waals surface area contributed by atoms with Gasteiger partial charge in [0.25, 0.3) is 5.69 Å². The minimum absolute atomic E-state index is 0.0366. The summed E-state index contributed by atoms with van der Waals surface area (Å²) in [7, 11) is 0. The van der Waals surface area contributed by atoms with Gasteiger partial charge < -0.3 is 9.53 Å². The highest BCUT2D eigenvalue weighted by atomic mass is 35.5. The number of aryl methyl sites for hydroxylation is 1. The second kappa shape index (κ2) is 9.97. The van der Waals surface area contributed by atoms with Crippen molar-refractivity contribution < 1.29 is 9.53 Å². The number of Topliss-reactive ketones (excluding diaryl/α,β-unsaturated/α-hetero) is 1. The quantitative estimate of drug-likeness (QED) is 0.339. The van der Waals surface area contributed by atoms with Crippen molar-refractivity contribution in [1.29, 1.82) is 5.26 Å². The molecule has 0 unspecified atom stereocenters. The van der Waals surface area contributed by atoms with Gasteiger partial charge in [-0.3, -0.25) is 0 Å². The van der Waals surface area contributed by atoms with Crippen molar-refractivity contribution >= 4 is 34.8 Å². The average Bonchev–Trinajstić information content (AvgIpc) is 2.66. The number of halogens is 1. The molecule has 0 aliphatic carbocycles. The van der Waals surface area contributed by atoms with Gasteiger partial charge in [-0.05, 0) is 31.4 Å². The number of carbonyl (C=O) groups is 1. The third-order valence-electron chi connectivity index (χ3n) is 3.73. The van der Waals surface area contributed by atoms with Crippen LogP contribution in [0.3, 0.4) is 0 Å². The molecule has 2 aromatic rings. The number of rotatable bonds is 8. The average molecular weight is 400 g/mol. The summed E-state index contributed by atoms with van der Waals surface area (Å²) in [5.41, 5.74) is 2.46. The SMILES string of the molecule is [C-]#[N+]c1c(Cl)nc(SCc2ccc(CCC(C)=O)cc2)c(C#N)c1OCC. The highest BCUT2D eigenvalue weighted by molar-refractivity contribution is 7.98. The Labute approximate surface area is 168 Å². The standard InChI is InChI=1S/C20H18ClN3O2S/c1-4-26-18-16(11-22)20(24-19(21)17(18)23-3)27-12-15-9-7-14(8-10-15)6-5-13(2)25/h7-10H,4-6,12H2,1-2H3. The molecule has 7 heteroatoms. The van der Waals surface area contributed by atoms with Crippen molar-refractivity contribution in [3.63, 3.8) is 0 Å². The number of nitriles is 1. The second-order valence-electron chi connectivity index (χ2n) is 5.72. The fraction of sp³-hybridized carbons (Fsp3) is 0.300. The summed E-state index contributed by atoms with van der Waals surface area (Å²) in [6, 6.07) is 10.1. The van der Waals surface area contributed by atoms with Crippen molar-refractivity contribution in [3.8, 4) is 11.8 Å². The summed E-state index contributed by atoms with van der Waals surface area (Å²) in [4.78, 5) is 18.6. The van der Waals surface area contributed by atoms with Gasteiger partial charge in [0.15, 0.2) is 0 Å². The van der Waals surface area contributed by atoms with Crippen molar-refractivity contribution in [2.75, 3.05) is 6.61 Å². The minimum Gasteiger partial charge on any atom is -0.503 e. The molecule has 0 aliphatic heterocycles. The molecule has 27 heavy (non-hydrogen) atoms. The Hall–Kier alpha value is -2.54. The van der Waals surface area contributed by atoms with Crippen LogP contribution >= 0.6 is 23.4 Å². The van der Waals surface area contributed by atoms with Gasteiger partial charge in [0.05, 0.1) is 13.2 Å². The van der Waals surface area contributed by atoms with Crippen LogP contribution in [0.15, 0.2) is 29.3 Å². The summed E-state index contributed by atoms with van der Waals surface area (Å²) in [6.07, 6.45) is 1.27. The number of benzene rings is 1. The van der Waals surface area contributed by atoms with Crippen LogP contribution in [0, 0.1) is 17.9 Å². The number of nitrogens with zero attached hydrogens (tertiary/aromatic N) is 3. The molecule has 1 aromatic heterocycles. The molecule has 0 radical (unpaired) electrons. The molecule has 2 rings (SSSR count). The van der Waals surface area contributed by atoms with Crippen molar-refractivity contribution in [2.45, 2.75) is 37.5 Å². The predicted octanol–water partition coefficient (Wildman–Crippen LogP) is 5.37. The van der Waals surface area contributed by atoms with E-state index in [1.807, 2.05) is 24.3 Å². The van der Waals surface area contributed by atoms with E-state index in [9.17, 15) is 10.1 Å². The lowest BCUT2D eigenvalue weighted by atomic mass is 10.1. The molecule has 0 N–H and O–H groups in total. The van der Waals surface area contributed by atoms with E-state index in [2.05, 4.69) is 15.9 Å². The molecular formula is C20H18ClN3O2S. The van der Waals surface area contributed by atoms with Gasteiger partial charge in [-0.2, -0.15) is 5.26 Å². The largest absolute Gasteiger partial charge is 0.503 e. The van der Waals surface area contributed by atoms with Crippen LogP contribution in [-0.2, 0) is 17.0 Å². The molecule has 1 heterocycles. The van der Waals surface area contributed by atoms with Crippen LogP contribution in [0.5, 0.6) is 5.75 Å². The zero-order valence-electron chi connectivity index (χ0n) is 15.1. The van der Waals surface area contributed by atoms with Gasteiger partial charge in [-0.15, -0.1) is 11.8 Å². The lowest BCUT2D eigenvalue weighted by Crippen LogP contribution is -1.99. The fourth-order valence-corrected chi connectivity index (χ4v) is 3.56. The Balaban J connectivity index is 2.19. The molecule has 0 amide bonds. The Kier molecular flexibility index (Phi) is 7.67. The molecule has 138 valence electrons. The minimum atomic E-state index is 0.0366. The van der Waals surface area contributed by atoms with E-state index >= 15 is 0 Å². The molecule has 0 bridgehead atoms. The van der Waals surface area contributed by atoms with Crippen LogP contribution < -0.4 is 4.74 Å². The highest BCUT2D eigenvalue weighted by Crippen LogP contribution is 2.41. The molecule has 0 aliphatic rings. The first-order valence-electron chi connectivity index (χ1n) is 8.34. The number of hydrogen-bond donors (Lipinski definition) is 0. The fourth-order valence-electron chi connectivity index (χ4n) is 2.37. The third-order valence-corrected chi connectivity index (χ3v) is 5.04. The molecule has 0 atom stereocenters. The summed E-state index contributed by atoms with van der Waals surface area (Å²) in [5, 5.41) is 10.00. The van der Waals surface area contributed by atoms with Crippen molar-refractivity contribution in [3.05, 3.63) is 57.5 Å².